The van der Waals surface area contributed by atoms with Crippen LogP contribution in [0.3, 0.4) is 0 Å². The molecule has 24 heavy (non-hydrogen) atoms. The zero-order valence-electron chi connectivity index (χ0n) is 13.4. The molecule has 0 atom stereocenters. The number of hydrogen-bond acceptors (Lipinski definition) is 2. The van der Waals surface area contributed by atoms with Crippen LogP contribution < -0.4 is 0 Å². The fourth-order valence-corrected chi connectivity index (χ4v) is 2.66. The molecule has 0 aliphatic rings. The molecule has 3 aromatic carbocycles. The molecule has 0 unspecified atom stereocenters. The molecule has 1 aromatic heterocycles. The lowest BCUT2D eigenvalue weighted by Gasteiger charge is -2.06. The SMILES string of the molecule is Cc1ccc(-n2nc(-c3ccccc3)nc2-c2ccccc2)cc1. The van der Waals surface area contributed by atoms with E-state index < -0.39 is 0 Å². The molecule has 0 radical (unpaired) electrons. The van der Waals surface area contributed by atoms with Crippen molar-refractivity contribution in [3.63, 3.8) is 0 Å². The molecule has 0 amide bonds. The van der Waals surface area contributed by atoms with E-state index in [0.717, 1.165) is 28.5 Å². The Labute approximate surface area is 141 Å². The summed E-state index contributed by atoms with van der Waals surface area (Å²) in [7, 11) is 0. The van der Waals surface area contributed by atoms with Crippen molar-refractivity contribution in [3.05, 3.63) is 90.5 Å². The zero-order chi connectivity index (χ0) is 16.4. The summed E-state index contributed by atoms with van der Waals surface area (Å²) in [5.74, 6) is 1.58. The molecule has 0 saturated heterocycles. The Hall–Kier alpha value is -3.20. The summed E-state index contributed by atoms with van der Waals surface area (Å²) >= 11 is 0. The van der Waals surface area contributed by atoms with Gasteiger partial charge in [0.1, 0.15) is 0 Å². The maximum atomic E-state index is 4.80. The molecule has 0 saturated carbocycles. The maximum Gasteiger partial charge on any atom is 0.182 e. The van der Waals surface area contributed by atoms with Crippen LogP contribution in [0.4, 0.5) is 0 Å². The Morgan fingerprint density at radius 1 is 0.667 bits per heavy atom. The maximum absolute atomic E-state index is 4.80. The number of aryl methyl sites for hydroxylation is 1. The van der Waals surface area contributed by atoms with Gasteiger partial charge in [0.15, 0.2) is 11.6 Å². The van der Waals surface area contributed by atoms with E-state index in [9.17, 15) is 0 Å². The second-order valence-corrected chi connectivity index (χ2v) is 5.74. The van der Waals surface area contributed by atoms with Crippen LogP contribution in [0.2, 0.25) is 0 Å². The van der Waals surface area contributed by atoms with Gasteiger partial charge in [-0.25, -0.2) is 9.67 Å². The van der Waals surface area contributed by atoms with Crippen molar-refractivity contribution >= 4 is 0 Å². The quantitative estimate of drug-likeness (QED) is 0.538. The number of nitrogens with zero attached hydrogens (tertiary/aromatic N) is 3. The molecule has 0 aliphatic heterocycles. The lowest BCUT2D eigenvalue weighted by atomic mass is 10.2. The van der Waals surface area contributed by atoms with Crippen LogP contribution in [0.5, 0.6) is 0 Å². The molecule has 0 N–H and O–H groups in total. The molecule has 3 nitrogen and oxygen atoms in total. The van der Waals surface area contributed by atoms with Crippen molar-refractivity contribution in [2.75, 3.05) is 0 Å². The van der Waals surface area contributed by atoms with E-state index >= 15 is 0 Å². The van der Waals surface area contributed by atoms with E-state index in [1.807, 2.05) is 53.2 Å². The van der Waals surface area contributed by atoms with Gasteiger partial charge in [0.25, 0.3) is 0 Å². The molecule has 116 valence electrons. The van der Waals surface area contributed by atoms with Crippen LogP contribution in [-0.2, 0) is 0 Å². The summed E-state index contributed by atoms with van der Waals surface area (Å²) in [6.45, 7) is 2.08. The smallest absolute Gasteiger partial charge is 0.182 e. The third-order valence-electron chi connectivity index (χ3n) is 3.95. The van der Waals surface area contributed by atoms with Crippen LogP contribution in [0, 0.1) is 6.92 Å². The first-order valence-electron chi connectivity index (χ1n) is 7.96. The molecule has 3 heteroatoms. The Morgan fingerprint density at radius 3 is 1.88 bits per heavy atom. The van der Waals surface area contributed by atoms with Gasteiger partial charge in [-0.1, -0.05) is 78.4 Å². The number of benzene rings is 3. The first-order valence-corrected chi connectivity index (χ1v) is 7.96. The normalized spacial score (nSPS) is 10.7. The summed E-state index contributed by atoms with van der Waals surface area (Å²) in [5.41, 5.74) is 4.30. The van der Waals surface area contributed by atoms with Gasteiger partial charge in [-0.2, -0.15) is 0 Å². The summed E-state index contributed by atoms with van der Waals surface area (Å²) in [5, 5.41) is 4.76. The van der Waals surface area contributed by atoms with Crippen molar-refractivity contribution in [2.45, 2.75) is 6.92 Å². The van der Waals surface area contributed by atoms with Gasteiger partial charge in [-0.15, -0.1) is 5.10 Å². The van der Waals surface area contributed by atoms with Crippen molar-refractivity contribution in [2.24, 2.45) is 0 Å². The van der Waals surface area contributed by atoms with Crippen LogP contribution in [0.15, 0.2) is 84.9 Å². The van der Waals surface area contributed by atoms with Crippen molar-refractivity contribution in [3.8, 4) is 28.5 Å². The van der Waals surface area contributed by atoms with Crippen molar-refractivity contribution in [1.82, 2.24) is 14.8 Å². The minimum Gasteiger partial charge on any atom is -0.213 e. The first-order chi connectivity index (χ1) is 11.8. The largest absolute Gasteiger partial charge is 0.213 e. The van der Waals surface area contributed by atoms with E-state index in [1.165, 1.54) is 5.56 Å². The third-order valence-corrected chi connectivity index (χ3v) is 3.95. The van der Waals surface area contributed by atoms with E-state index in [2.05, 4.69) is 43.3 Å². The predicted octanol–water partition coefficient (Wildman–Crippen LogP) is 4.91. The standard InChI is InChI=1S/C21H17N3/c1-16-12-14-19(15-13-16)24-21(18-10-6-3-7-11-18)22-20(23-24)17-8-4-2-5-9-17/h2-15H,1H3. The predicted molar refractivity (Wildman–Crippen MR) is 97.0 cm³/mol. The highest BCUT2D eigenvalue weighted by atomic mass is 15.4. The number of hydrogen-bond donors (Lipinski definition) is 0. The lowest BCUT2D eigenvalue weighted by molar-refractivity contribution is 0.890. The average Bonchev–Trinajstić information content (AvgIpc) is 3.09. The molecule has 4 rings (SSSR count). The van der Waals surface area contributed by atoms with Gasteiger partial charge in [-0.05, 0) is 19.1 Å². The topological polar surface area (TPSA) is 30.7 Å². The zero-order valence-corrected chi connectivity index (χ0v) is 13.4. The van der Waals surface area contributed by atoms with Crippen LogP contribution in [0.25, 0.3) is 28.5 Å². The van der Waals surface area contributed by atoms with Gasteiger partial charge in [-0.3, -0.25) is 0 Å². The highest BCUT2D eigenvalue weighted by Crippen LogP contribution is 2.25. The Morgan fingerprint density at radius 2 is 1.25 bits per heavy atom. The average molecular weight is 311 g/mol. The fraction of sp³-hybridized carbons (Fsp3) is 0.0476. The van der Waals surface area contributed by atoms with Gasteiger partial charge >= 0.3 is 0 Å². The molecule has 1 heterocycles. The summed E-state index contributed by atoms with van der Waals surface area (Å²) in [6.07, 6.45) is 0. The van der Waals surface area contributed by atoms with Gasteiger partial charge < -0.3 is 0 Å². The number of aromatic nitrogens is 3. The van der Waals surface area contributed by atoms with Crippen molar-refractivity contribution in [1.29, 1.82) is 0 Å². The molecule has 0 fully saturated rings. The Balaban J connectivity index is 1.90. The third kappa shape index (κ3) is 2.72. The summed E-state index contributed by atoms with van der Waals surface area (Å²) in [4.78, 5) is 4.80. The molecule has 0 spiro atoms. The molecular weight excluding hydrogens is 294 g/mol. The monoisotopic (exact) mass is 311 g/mol. The highest BCUT2D eigenvalue weighted by Gasteiger charge is 2.14. The summed E-state index contributed by atoms with van der Waals surface area (Å²) < 4.78 is 1.91. The van der Waals surface area contributed by atoms with Gasteiger partial charge in [0.05, 0.1) is 5.69 Å². The summed E-state index contributed by atoms with van der Waals surface area (Å²) in [6, 6.07) is 28.6. The molecule has 0 bridgehead atoms. The van der Waals surface area contributed by atoms with Crippen LogP contribution >= 0.6 is 0 Å². The number of rotatable bonds is 3. The van der Waals surface area contributed by atoms with E-state index in [-0.39, 0.29) is 0 Å². The molecule has 4 aromatic rings. The Kier molecular flexibility index (Phi) is 3.67. The van der Waals surface area contributed by atoms with Crippen LogP contribution in [-0.4, -0.2) is 14.8 Å². The van der Waals surface area contributed by atoms with E-state index in [0.29, 0.717) is 0 Å². The minimum absolute atomic E-state index is 0.732. The van der Waals surface area contributed by atoms with Gasteiger partial charge in [0, 0.05) is 11.1 Å². The van der Waals surface area contributed by atoms with Crippen LogP contribution in [0.1, 0.15) is 5.56 Å². The van der Waals surface area contributed by atoms with Crippen molar-refractivity contribution < 1.29 is 0 Å². The lowest BCUT2D eigenvalue weighted by Crippen LogP contribution is -1.99. The second kappa shape index (κ2) is 6.13. The Bertz CT molecular complexity index is 940. The minimum atomic E-state index is 0.732. The molecular formula is C21H17N3. The highest BCUT2D eigenvalue weighted by molar-refractivity contribution is 5.63. The molecule has 0 aliphatic carbocycles. The first kappa shape index (κ1) is 14.4. The van der Waals surface area contributed by atoms with E-state index in [4.69, 9.17) is 10.1 Å². The second-order valence-electron chi connectivity index (χ2n) is 5.74. The van der Waals surface area contributed by atoms with Gasteiger partial charge in [0.2, 0.25) is 0 Å². The van der Waals surface area contributed by atoms with E-state index in [1.54, 1.807) is 0 Å². The fourth-order valence-electron chi connectivity index (χ4n) is 2.66.